The molecule has 0 radical (unpaired) electrons. The molecule has 1 saturated carbocycles. The van der Waals surface area contributed by atoms with E-state index in [4.69, 9.17) is 0 Å². The lowest BCUT2D eigenvalue weighted by Gasteiger charge is -2.19. The number of alkyl halides is 2. The molecule has 3 atom stereocenters. The van der Waals surface area contributed by atoms with Crippen LogP contribution in [0.1, 0.15) is 50.6 Å². The SMILES string of the molecule is CC(NC(=O)CCN1C(=O)C2CCCCC2C1=O)c1ccc(OC(F)F)cc1. The molecule has 1 saturated heterocycles. The summed E-state index contributed by atoms with van der Waals surface area (Å²) in [6, 6.07) is 5.67. The highest BCUT2D eigenvalue weighted by Crippen LogP contribution is 2.37. The minimum absolute atomic E-state index is 0.0356. The van der Waals surface area contributed by atoms with E-state index >= 15 is 0 Å². The van der Waals surface area contributed by atoms with Gasteiger partial charge in [-0.15, -0.1) is 0 Å². The first-order valence-corrected chi connectivity index (χ1v) is 9.56. The van der Waals surface area contributed by atoms with Crippen LogP contribution in [0.15, 0.2) is 24.3 Å². The lowest BCUT2D eigenvalue weighted by molar-refractivity contribution is -0.140. The number of fused-ring (bicyclic) bond motifs is 1. The number of halogens is 2. The number of rotatable bonds is 7. The van der Waals surface area contributed by atoms with Crippen molar-refractivity contribution < 1.29 is 27.9 Å². The van der Waals surface area contributed by atoms with Crippen LogP contribution in [0, 0.1) is 11.8 Å². The van der Waals surface area contributed by atoms with Crippen LogP contribution in [0.2, 0.25) is 0 Å². The van der Waals surface area contributed by atoms with Gasteiger partial charge in [0, 0.05) is 13.0 Å². The number of imide groups is 1. The number of ether oxygens (including phenoxy) is 1. The Hall–Kier alpha value is -2.51. The molecular weight excluding hydrogens is 370 g/mol. The second-order valence-electron chi connectivity index (χ2n) is 7.31. The van der Waals surface area contributed by atoms with Gasteiger partial charge in [-0.3, -0.25) is 19.3 Å². The summed E-state index contributed by atoms with van der Waals surface area (Å²) in [7, 11) is 0. The number of hydrogen-bond acceptors (Lipinski definition) is 4. The Morgan fingerprint density at radius 1 is 1.14 bits per heavy atom. The molecule has 8 heteroatoms. The molecule has 1 N–H and O–H groups in total. The summed E-state index contributed by atoms with van der Waals surface area (Å²) in [5.41, 5.74) is 0.731. The van der Waals surface area contributed by atoms with Crippen molar-refractivity contribution in [3.05, 3.63) is 29.8 Å². The number of nitrogens with zero attached hydrogens (tertiary/aromatic N) is 1. The summed E-state index contributed by atoms with van der Waals surface area (Å²) in [5.74, 6) is -0.953. The lowest BCUT2D eigenvalue weighted by Crippen LogP contribution is -2.36. The highest BCUT2D eigenvalue weighted by atomic mass is 19.3. The third kappa shape index (κ3) is 4.48. The third-order valence-corrected chi connectivity index (χ3v) is 5.48. The molecule has 3 amide bonds. The van der Waals surface area contributed by atoms with Crippen molar-refractivity contribution in [2.45, 2.75) is 51.7 Å². The van der Waals surface area contributed by atoms with Gasteiger partial charge >= 0.3 is 6.61 Å². The first-order valence-electron chi connectivity index (χ1n) is 9.56. The Bertz CT molecular complexity index is 714. The summed E-state index contributed by atoms with van der Waals surface area (Å²) in [5, 5.41) is 2.80. The predicted molar refractivity (Wildman–Crippen MR) is 96.4 cm³/mol. The lowest BCUT2D eigenvalue weighted by atomic mass is 9.81. The van der Waals surface area contributed by atoms with E-state index < -0.39 is 6.61 Å². The minimum Gasteiger partial charge on any atom is -0.435 e. The van der Waals surface area contributed by atoms with Gasteiger partial charge < -0.3 is 10.1 Å². The number of carbonyl (C=O) groups is 3. The second-order valence-corrected chi connectivity index (χ2v) is 7.31. The van der Waals surface area contributed by atoms with E-state index in [2.05, 4.69) is 10.1 Å². The van der Waals surface area contributed by atoms with E-state index in [-0.39, 0.29) is 54.3 Å². The van der Waals surface area contributed by atoms with Gasteiger partial charge in [0.05, 0.1) is 17.9 Å². The molecule has 3 unspecified atom stereocenters. The fourth-order valence-electron chi connectivity index (χ4n) is 4.00. The molecule has 0 bridgehead atoms. The quantitative estimate of drug-likeness (QED) is 0.722. The molecule has 1 aliphatic heterocycles. The summed E-state index contributed by atoms with van der Waals surface area (Å²) < 4.78 is 28.7. The van der Waals surface area contributed by atoms with Crippen LogP contribution in [0.3, 0.4) is 0 Å². The molecular formula is C20H24F2N2O4. The zero-order chi connectivity index (χ0) is 20.3. The van der Waals surface area contributed by atoms with Gasteiger partial charge in [0.25, 0.3) is 0 Å². The van der Waals surface area contributed by atoms with Gasteiger partial charge in [0.2, 0.25) is 17.7 Å². The van der Waals surface area contributed by atoms with E-state index in [1.807, 2.05) is 0 Å². The van der Waals surface area contributed by atoms with E-state index in [1.165, 1.54) is 17.0 Å². The molecule has 0 spiro atoms. The van der Waals surface area contributed by atoms with Crippen molar-refractivity contribution in [1.29, 1.82) is 0 Å². The normalized spacial score (nSPS) is 22.9. The Labute approximate surface area is 162 Å². The number of hydrogen-bond donors (Lipinski definition) is 1. The Balaban J connectivity index is 1.50. The standard InChI is InChI=1S/C20H24F2N2O4/c1-12(13-6-8-14(9-7-13)28-20(21)22)23-17(25)10-11-24-18(26)15-4-2-3-5-16(15)19(24)27/h6-9,12,15-16,20H,2-5,10-11H2,1H3,(H,23,25). The monoisotopic (exact) mass is 394 g/mol. The fraction of sp³-hybridized carbons (Fsp3) is 0.550. The second kappa shape index (κ2) is 8.67. The molecule has 0 aromatic heterocycles. The summed E-state index contributed by atoms with van der Waals surface area (Å²) in [6.45, 7) is -1.03. The van der Waals surface area contributed by atoms with Crippen LogP contribution in [0.4, 0.5) is 8.78 Å². The number of nitrogens with one attached hydrogen (secondary N) is 1. The highest BCUT2D eigenvalue weighted by Gasteiger charge is 2.47. The fourth-order valence-corrected chi connectivity index (χ4v) is 4.00. The van der Waals surface area contributed by atoms with Crippen molar-refractivity contribution >= 4 is 17.7 Å². The van der Waals surface area contributed by atoms with Gasteiger partial charge in [-0.05, 0) is 37.5 Å². The number of amides is 3. The van der Waals surface area contributed by atoms with E-state index in [0.29, 0.717) is 0 Å². The van der Waals surface area contributed by atoms with Crippen LogP contribution in [0.5, 0.6) is 5.75 Å². The first-order chi connectivity index (χ1) is 13.4. The van der Waals surface area contributed by atoms with Gasteiger partial charge in [-0.25, -0.2) is 0 Å². The molecule has 1 aromatic carbocycles. The molecule has 28 heavy (non-hydrogen) atoms. The number of carbonyl (C=O) groups excluding carboxylic acids is 3. The molecule has 6 nitrogen and oxygen atoms in total. The molecule has 1 aliphatic carbocycles. The molecule has 2 fully saturated rings. The topological polar surface area (TPSA) is 75.7 Å². The van der Waals surface area contributed by atoms with Crippen molar-refractivity contribution in [1.82, 2.24) is 10.2 Å². The largest absolute Gasteiger partial charge is 0.435 e. The van der Waals surface area contributed by atoms with Crippen molar-refractivity contribution in [3.8, 4) is 5.75 Å². The molecule has 3 rings (SSSR count). The van der Waals surface area contributed by atoms with E-state index in [9.17, 15) is 23.2 Å². The summed E-state index contributed by atoms with van der Waals surface area (Å²) in [4.78, 5) is 38.3. The average molecular weight is 394 g/mol. The van der Waals surface area contributed by atoms with Crippen LogP contribution in [0.25, 0.3) is 0 Å². The molecule has 1 heterocycles. The van der Waals surface area contributed by atoms with Gasteiger partial charge in [0.1, 0.15) is 5.75 Å². The highest BCUT2D eigenvalue weighted by molar-refractivity contribution is 6.05. The van der Waals surface area contributed by atoms with Gasteiger partial charge in [-0.1, -0.05) is 25.0 Å². The Kier molecular flexibility index (Phi) is 6.26. The van der Waals surface area contributed by atoms with Gasteiger partial charge in [0.15, 0.2) is 0 Å². The zero-order valence-electron chi connectivity index (χ0n) is 15.7. The van der Waals surface area contributed by atoms with Crippen LogP contribution < -0.4 is 10.1 Å². The maximum atomic E-state index is 12.4. The number of benzene rings is 1. The average Bonchev–Trinajstić information content (AvgIpc) is 2.91. The zero-order valence-corrected chi connectivity index (χ0v) is 15.7. The smallest absolute Gasteiger partial charge is 0.387 e. The van der Waals surface area contributed by atoms with Crippen molar-refractivity contribution in [2.75, 3.05) is 6.54 Å². The molecule has 152 valence electrons. The van der Waals surface area contributed by atoms with Crippen LogP contribution in [-0.2, 0) is 14.4 Å². The maximum Gasteiger partial charge on any atom is 0.387 e. The summed E-state index contributed by atoms with van der Waals surface area (Å²) in [6.07, 6.45) is 3.47. The maximum absolute atomic E-state index is 12.4. The molecule has 1 aromatic rings. The Morgan fingerprint density at radius 3 is 2.25 bits per heavy atom. The minimum atomic E-state index is -2.89. The third-order valence-electron chi connectivity index (χ3n) is 5.48. The van der Waals surface area contributed by atoms with Gasteiger partial charge in [-0.2, -0.15) is 8.78 Å². The van der Waals surface area contributed by atoms with E-state index in [1.54, 1.807) is 19.1 Å². The van der Waals surface area contributed by atoms with Crippen molar-refractivity contribution in [2.24, 2.45) is 11.8 Å². The number of likely N-dealkylation sites (tertiary alicyclic amines) is 1. The first kappa shape index (κ1) is 20.2. The Morgan fingerprint density at radius 2 is 1.71 bits per heavy atom. The van der Waals surface area contributed by atoms with Crippen LogP contribution in [-0.4, -0.2) is 35.8 Å². The predicted octanol–water partition coefficient (Wildman–Crippen LogP) is 3.03. The van der Waals surface area contributed by atoms with E-state index in [0.717, 1.165) is 31.2 Å². The molecule has 2 aliphatic rings. The van der Waals surface area contributed by atoms with Crippen LogP contribution >= 0.6 is 0 Å². The van der Waals surface area contributed by atoms with Crippen molar-refractivity contribution in [3.63, 3.8) is 0 Å². The summed E-state index contributed by atoms with van der Waals surface area (Å²) >= 11 is 0.